The molecule has 1 aliphatic heterocycles. The van der Waals surface area contributed by atoms with E-state index in [1.54, 1.807) is 0 Å². The summed E-state index contributed by atoms with van der Waals surface area (Å²) in [5.74, 6) is 6.51. The lowest BCUT2D eigenvalue weighted by atomic mass is 9.93. The average Bonchev–Trinajstić information content (AvgIpc) is 2.86. The van der Waals surface area contributed by atoms with Gasteiger partial charge in [0.15, 0.2) is 0 Å². The molecule has 0 radical (unpaired) electrons. The van der Waals surface area contributed by atoms with E-state index >= 15 is 0 Å². The van der Waals surface area contributed by atoms with Gasteiger partial charge in [0, 0.05) is 13.2 Å². The summed E-state index contributed by atoms with van der Waals surface area (Å²) in [6.07, 6.45) is 7.32. The average molecular weight is 284 g/mol. The third-order valence-electron chi connectivity index (χ3n) is 3.90. The first kappa shape index (κ1) is 14.8. The number of nitrogens with two attached hydrogens (primary N) is 1. The van der Waals surface area contributed by atoms with E-state index in [9.17, 15) is 0 Å². The Labute approximate surface area is 119 Å². The summed E-state index contributed by atoms with van der Waals surface area (Å²) in [6.45, 7) is 3.89. The fourth-order valence-electron chi connectivity index (χ4n) is 2.66. The fourth-order valence-corrected chi connectivity index (χ4v) is 3.40. The molecule has 108 valence electrons. The van der Waals surface area contributed by atoms with Gasteiger partial charge in [-0.3, -0.25) is 11.3 Å². The largest absolute Gasteiger partial charge is 0.381 e. The van der Waals surface area contributed by atoms with Crippen LogP contribution >= 0.6 is 11.5 Å². The number of hydrogen-bond donors (Lipinski definition) is 2. The van der Waals surface area contributed by atoms with Crippen LogP contribution in [0.3, 0.4) is 0 Å². The van der Waals surface area contributed by atoms with Crippen LogP contribution in [0.2, 0.25) is 0 Å². The molecule has 1 aliphatic rings. The van der Waals surface area contributed by atoms with E-state index in [1.807, 2.05) is 6.92 Å². The number of ether oxygens (including phenoxy) is 1. The van der Waals surface area contributed by atoms with Gasteiger partial charge in [-0.1, -0.05) is 23.8 Å². The Hall–Kier alpha value is -0.560. The summed E-state index contributed by atoms with van der Waals surface area (Å²) in [5.41, 5.74) is 3.89. The summed E-state index contributed by atoms with van der Waals surface area (Å²) in [4.78, 5) is 1.17. The maximum Gasteiger partial charge on any atom is 0.0773 e. The van der Waals surface area contributed by atoms with Crippen LogP contribution in [0.4, 0.5) is 0 Å². The van der Waals surface area contributed by atoms with Gasteiger partial charge in [-0.25, -0.2) is 0 Å². The molecule has 5 nitrogen and oxygen atoms in total. The first-order valence-electron chi connectivity index (χ1n) is 7.14. The third kappa shape index (κ3) is 4.49. The zero-order valence-electron chi connectivity index (χ0n) is 11.6. The molecule has 0 amide bonds. The van der Waals surface area contributed by atoms with Crippen LogP contribution in [0, 0.1) is 12.8 Å². The normalized spacial score (nSPS) is 18.6. The molecule has 1 aromatic heterocycles. The minimum absolute atomic E-state index is 0.203. The number of aryl methyl sites for hydroxylation is 1. The summed E-state index contributed by atoms with van der Waals surface area (Å²) in [6, 6.07) is 0.203. The number of hydrogen-bond acceptors (Lipinski definition) is 6. The van der Waals surface area contributed by atoms with E-state index in [0.717, 1.165) is 31.2 Å². The van der Waals surface area contributed by atoms with Gasteiger partial charge >= 0.3 is 0 Å². The molecular weight excluding hydrogens is 260 g/mol. The molecule has 2 rings (SSSR count). The Morgan fingerprint density at radius 2 is 2.21 bits per heavy atom. The second-order valence-corrected chi connectivity index (χ2v) is 6.07. The maximum atomic E-state index is 5.64. The molecule has 1 saturated heterocycles. The highest BCUT2D eigenvalue weighted by atomic mass is 32.1. The highest BCUT2D eigenvalue weighted by Gasteiger charge is 2.17. The van der Waals surface area contributed by atoms with Crippen molar-refractivity contribution in [2.45, 2.75) is 51.5 Å². The molecule has 0 saturated carbocycles. The van der Waals surface area contributed by atoms with Crippen molar-refractivity contribution in [2.75, 3.05) is 13.2 Å². The summed E-state index contributed by atoms with van der Waals surface area (Å²) >= 11 is 1.45. The van der Waals surface area contributed by atoms with Gasteiger partial charge in [-0.2, -0.15) is 0 Å². The monoisotopic (exact) mass is 284 g/mol. The second kappa shape index (κ2) is 7.89. The molecule has 1 atom stereocenters. The molecule has 19 heavy (non-hydrogen) atoms. The van der Waals surface area contributed by atoms with Crippen LogP contribution in [-0.2, 0) is 4.74 Å². The van der Waals surface area contributed by atoms with Crippen LogP contribution in [0.1, 0.15) is 55.1 Å². The number of aromatic nitrogens is 2. The molecule has 0 aliphatic carbocycles. The second-order valence-electron chi connectivity index (χ2n) is 5.28. The van der Waals surface area contributed by atoms with Crippen molar-refractivity contribution in [1.29, 1.82) is 0 Å². The SMILES string of the molecule is Cc1nnsc1C(CCCCC1CCOCC1)NN. The van der Waals surface area contributed by atoms with Crippen molar-refractivity contribution >= 4 is 11.5 Å². The van der Waals surface area contributed by atoms with Gasteiger partial charge in [-0.15, -0.1) is 5.10 Å². The number of nitrogens with one attached hydrogen (secondary N) is 1. The van der Waals surface area contributed by atoms with Crippen LogP contribution in [0.15, 0.2) is 0 Å². The van der Waals surface area contributed by atoms with Crippen molar-refractivity contribution in [3.63, 3.8) is 0 Å². The quantitative estimate of drug-likeness (QED) is 0.457. The van der Waals surface area contributed by atoms with E-state index in [-0.39, 0.29) is 6.04 Å². The molecule has 6 heteroatoms. The van der Waals surface area contributed by atoms with Crippen molar-refractivity contribution < 1.29 is 4.74 Å². The molecule has 1 fully saturated rings. The van der Waals surface area contributed by atoms with E-state index in [2.05, 4.69) is 15.0 Å². The molecule has 2 heterocycles. The minimum Gasteiger partial charge on any atom is -0.381 e. The lowest BCUT2D eigenvalue weighted by Crippen LogP contribution is -2.27. The van der Waals surface area contributed by atoms with Crippen LogP contribution in [0.5, 0.6) is 0 Å². The Morgan fingerprint density at radius 3 is 2.84 bits per heavy atom. The van der Waals surface area contributed by atoms with E-state index in [0.29, 0.717) is 0 Å². The summed E-state index contributed by atoms with van der Waals surface area (Å²) in [5, 5.41) is 4.05. The molecule has 0 bridgehead atoms. The lowest BCUT2D eigenvalue weighted by molar-refractivity contribution is 0.0630. The van der Waals surface area contributed by atoms with Crippen LogP contribution in [0.25, 0.3) is 0 Å². The minimum atomic E-state index is 0.203. The van der Waals surface area contributed by atoms with Gasteiger partial charge in [0.2, 0.25) is 0 Å². The Morgan fingerprint density at radius 1 is 1.42 bits per heavy atom. The zero-order chi connectivity index (χ0) is 13.5. The molecular formula is C13H24N4OS. The van der Waals surface area contributed by atoms with Gasteiger partial charge in [-0.05, 0) is 43.6 Å². The predicted octanol–water partition coefficient (Wildman–Crippen LogP) is 2.34. The highest BCUT2D eigenvalue weighted by molar-refractivity contribution is 7.05. The molecule has 0 aromatic carbocycles. The Balaban J connectivity index is 1.67. The van der Waals surface area contributed by atoms with Gasteiger partial charge in [0.25, 0.3) is 0 Å². The maximum absolute atomic E-state index is 5.64. The summed E-state index contributed by atoms with van der Waals surface area (Å²) in [7, 11) is 0. The summed E-state index contributed by atoms with van der Waals surface area (Å²) < 4.78 is 9.36. The lowest BCUT2D eigenvalue weighted by Gasteiger charge is -2.22. The smallest absolute Gasteiger partial charge is 0.0773 e. The number of rotatable bonds is 7. The number of hydrazine groups is 1. The number of nitrogens with zero attached hydrogens (tertiary/aromatic N) is 2. The molecule has 3 N–H and O–H groups in total. The van der Waals surface area contributed by atoms with Crippen LogP contribution < -0.4 is 11.3 Å². The molecule has 1 aromatic rings. The molecule has 0 spiro atoms. The topological polar surface area (TPSA) is 73.1 Å². The first-order chi connectivity index (χ1) is 9.31. The van der Waals surface area contributed by atoms with Crippen molar-refractivity contribution in [2.24, 2.45) is 11.8 Å². The predicted molar refractivity (Wildman–Crippen MR) is 76.7 cm³/mol. The standard InChI is InChI=1S/C13H24N4OS/c1-10-13(19-17-16-10)12(15-14)5-3-2-4-11-6-8-18-9-7-11/h11-12,15H,2-9,14H2,1H3. The van der Waals surface area contributed by atoms with Crippen LogP contribution in [-0.4, -0.2) is 22.8 Å². The third-order valence-corrected chi connectivity index (χ3v) is 4.84. The number of unbranched alkanes of at least 4 members (excludes halogenated alkanes) is 1. The Bertz CT molecular complexity index is 365. The van der Waals surface area contributed by atoms with Crippen molar-refractivity contribution in [3.8, 4) is 0 Å². The van der Waals surface area contributed by atoms with Gasteiger partial charge < -0.3 is 4.74 Å². The fraction of sp³-hybridized carbons (Fsp3) is 0.846. The van der Waals surface area contributed by atoms with Crippen molar-refractivity contribution in [3.05, 3.63) is 10.6 Å². The van der Waals surface area contributed by atoms with E-state index in [1.165, 1.54) is 48.5 Å². The molecule has 1 unspecified atom stereocenters. The van der Waals surface area contributed by atoms with Gasteiger partial charge in [0.1, 0.15) is 0 Å². The zero-order valence-corrected chi connectivity index (χ0v) is 12.4. The van der Waals surface area contributed by atoms with Gasteiger partial charge in [0.05, 0.1) is 16.6 Å². The highest BCUT2D eigenvalue weighted by Crippen LogP contribution is 2.26. The van der Waals surface area contributed by atoms with E-state index < -0.39 is 0 Å². The first-order valence-corrected chi connectivity index (χ1v) is 7.91. The van der Waals surface area contributed by atoms with Crippen molar-refractivity contribution in [1.82, 2.24) is 15.0 Å². The van der Waals surface area contributed by atoms with E-state index in [4.69, 9.17) is 10.6 Å². The Kier molecular flexibility index (Phi) is 6.16.